The first-order valence-corrected chi connectivity index (χ1v) is 9.65. The van der Waals surface area contributed by atoms with Crippen molar-refractivity contribution in [1.29, 1.82) is 0 Å². The number of aromatic amines is 1. The van der Waals surface area contributed by atoms with Gasteiger partial charge in [-0.15, -0.1) is 0 Å². The van der Waals surface area contributed by atoms with Crippen molar-refractivity contribution in [3.05, 3.63) is 59.9 Å². The molecule has 28 heavy (non-hydrogen) atoms. The second-order valence-electron chi connectivity index (χ2n) is 7.60. The Morgan fingerprint density at radius 2 is 2.04 bits per heavy atom. The molecule has 1 atom stereocenters. The van der Waals surface area contributed by atoms with Gasteiger partial charge in [-0.3, -0.25) is 14.6 Å². The summed E-state index contributed by atoms with van der Waals surface area (Å²) in [5.74, 6) is -0.0787. The largest absolute Gasteiger partial charge is 0.338 e. The molecule has 1 saturated heterocycles. The van der Waals surface area contributed by atoms with Crippen LogP contribution in [0.15, 0.2) is 42.9 Å². The number of hydrogen-bond donors (Lipinski definition) is 1. The molecule has 6 nitrogen and oxygen atoms in total. The van der Waals surface area contributed by atoms with Gasteiger partial charge in [0.2, 0.25) is 0 Å². The van der Waals surface area contributed by atoms with Crippen LogP contribution >= 0.6 is 0 Å². The van der Waals surface area contributed by atoms with Gasteiger partial charge in [-0.2, -0.15) is 10.2 Å². The second-order valence-corrected chi connectivity index (χ2v) is 7.60. The van der Waals surface area contributed by atoms with Gasteiger partial charge < -0.3 is 4.90 Å². The Bertz CT molecular complexity index is 959. The van der Waals surface area contributed by atoms with E-state index in [4.69, 9.17) is 0 Å². The van der Waals surface area contributed by atoms with E-state index in [1.54, 1.807) is 29.2 Å². The number of amides is 1. The maximum Gasteiger partial charge on any atom is 0.257 e. The Morgan fingerprint density at radius 3 is 2.75 bits per heavy atom. The van der Waals surface area contributed by atoms with Crippen molar-refractivity contribution in [2.75, 3.05) is 13.1 Å². The molecule has 0 saturated carbocycles. The third kappa shape index (κ3) is 3.56. The number of H-pyrrole nitrogens is 1. The van der Waals surface area contributed by atoms with Gasteiger partial charge in [0.1, 0.15) is 5.82 Å². The fourth-order valence-electron chi connectivity index (χ4n) is 3.78. The number of carbonyl (C=O) groups is 1. The minimum atomic E-state index is -0.259. The summed E-state index contributed by atoms with van der Waals surface area (Å²) < 4.78 is 15.1. The van der Waals surface area contributed by atoms with Crippen LogP contribution in [0.4, 0.5) is 4.39 Å². The van der Waals surface area contributed by atoms with Crippen LogP contribution in [0.3, 0.4) is 0 Å². The van der Waals surface area contributed by atoms with E-state index in [0.29, 0.717) is 12.1 Å². The lowest BCUT2D eigenvalue weighted by Gasteiger charge is -2.32. The summed E-state index contributed by atoms with van der Waals surface area (Å²) in [6.45, 7) is 5.44. The van der Waals surface area contributed by atoms with Crippen LogP contribution in [-0.4, -0.2) is 43.9 Å². The Labute approximate surface area is 163 Å². The van der Waals surface area contributed by atoms with Gasteiger partial charge in [0.05, 0.1) is 18.0 Å². The fraction of sp³-hybridized carbons (Fsp3) is 0.381. The van der Waals surface area contributed by atoms with Crippen LogP contribution in [-0.2, 0) is 0 Å². The minimum Gasteiger partial charge on any atom is -0.338 e. The number of carbonyl (C=O) groups excluding carboxylic acids is 1. The monoisotopic (exact) mass is 381 g/mol. The summed E-state index contributed by atoms with van der Waals surface area (Å²) in [7, 11) is 0. The van der Waals surface area contributed by atoms with Gasteiger partial charge in [-0.1, -0.05) is 12.1 Å². The molecule has 1 N–H and O–H groups in total. The van der Waals surface area contributed by atoms with Crippen molar-refractivity contribution in [2.45, 2.75) is 38.6 Å². The first-order valence-electron chi connectivity index (χ1n) is 9.65. The highest BCUT2D eigenvalue weighted by atomic mass is 19.1. The number of likely N-dealkylation sites (tertiary alicyclic amines) is 1. The first-order chi connectivity index (χ1) is 13.5. The summed E-state index contributed by atoms with van der Waals surface area (Å²) in [5.41, 5.74) is 3.51. The second kappa shape index (κ2) is 7.58. The molecule has 0 unspecified atom stereocenters. The van der Waals surface area contributed by atoms with E-state index in [2.05, 4.69) is 15.3 Å². The molecule has 4 rings (SSSR count). The van der Waals surface area contributed by atoms with E-state index >= 15 is 0 Å². The van der Waals surface area contributed by atoms with Crippen LogP contribution in [0, 0.1) is 5.82 Å². The predicted molar refractivity (Wildman–Crippen MR) is 104 cm³/mol. The van der Waals surface area contributed by atoms with Crippen molar-refractivity contribution in [3.8, 4) is 11.1 Å². The summed E-state index contributed by atoms with van der Waals surface area (Å²) in [5, 5.41) is 11.6. The molecule has 0 bridgehead atoms. The van der Waals surface area contributed by atoms with E-state index in [1.807, 2.05) is 24.9 Å². The molecule has 0 aliphatic carbocycles. The number of aromatic nitrogens is 4. The highest BCUT2D eigenvalue weighted by molar-refractivity contribution is 5.93. The van der Waals surface area contributed by atoms with Crippen LogP contribution in [0.25, 0.3) is 11.1 Å². The van der Waals surface area contributed by atoms with Gasteiger partial charge in [0, 0.05) is 42.5 Å². The van der Waals surface area contributed by atoms with Gasteiger partial charge in [-0.25, -0.2) is 4.39 Å². The number of rotatable bonds is 4. The average molecular weight is 381 g/mol. The summed E-state index contributed by atoms with van der Waals surface area (Å²) in [4.78, 5) is 14.8. The van der Waals surface area contributed by atoms with Gasteiger partial charge in [0.15, 0.2) is 0 Å². The zero-order valence-electron chi connectivity index (χ0n) is 16.1. The van der Waals surface area contributed by atoms with Gasteiger partial charge in [-0.05, 0) is 44.4 Å². The van der Waals surface area contributed by atoms with E-state index < -0.39 is 0 Å². The zero-order chi connectivity index (χ0) is 19.7. The molecular formula is C21H24FN5O. The van der Waals surface area contributed by atoms with E-state index in [-0.39, 0.29) is 23.7 Å². The molecule has 0 radical (unpaired) electrons. The third-order valence-corrected chi connectivity index (χ3v) is 5.32. The zero-order valence-corrected chi connectivity index (χ0v) is 16.1. The molecule has 3 aromatic rings. The van der Waals surface area contributed by atoms with Crippen LogP contribution in [0.1, 0.15) is 54.7 Å². The standard InChI is InChI=1S/C21H24FN5O/c1-14(2)27-13-17(10-24-27)21(28)26-9-3-4-16(12-26)20-19(11-23-25-20)15-5-7-18(22)8-6-15/h5-8,10-11,13-14,16H,3-4,9,12H2,1-2H3,(H,23,25)/t16-/m1/s1. The SMILES string of the molecule is CC(C)n1cc(C(=O)N2CCC[C@@H](c3[nH]ncc3-c3ccc(F)cc3)C2)cn1. The number of hydrogen-bond acceptors (Lipinski definition) is 3. The van der Waals surface area contributed by atoms with Crippen LogP contribution in [0.2, 0.25) is 0 Å². The molecule has 2 aromatic heterocycles. The lowest BCUT2D eigenvalue weighted by Crippen LogP contribution is -2.39. The summed E-state index contributed by atoms with van der Waals surface area (Å²) in [6, 6.07) is 6.65. The van der Waals surface area contributed by atoms with Crippen molar-refractivity contribution in [3.63, 3.8) is 0 Å². The summed E-state index contributed by atoms with van der Waals surface area (Å²) >= 11 is 0. The fourth-order valence-corrected chi connectivity index (χ4v) is 3.78. The Kier molecular flexibility index (Phi) is 4.98. The maximum atomic E-state index is 13.3. The normalized spacial score (nSPS) is 17.3. The number of piperidine rings is 1. The Balaban J connectivity index is 1.54. The number of nitrogens with one attached hydrogen (secondary N) is 1. The molecule has 1 fully saturated rings. The Hall–Kier alpha value is -2.96. The number of halogens is 1. The molecule has 3 heterocycles. The van der Waals surface area contributed by atoms with E-state index in [1.165, 1.54) is 12.1 Å². The molecule has 1 aliphatic rings. The van der Waals surface area contributed by atoms with Crippen molar-refractivity contribution in [1.82, 2.24) is 24.9 Å². The van der Waals surface area contributed by atoms with E-state index in [9.17, 15) is 9.18 Å². The smallest absolute Gasteiger partial charge is 0.257 e. The summed E-state index contributed by atoms with van der Waals surface area (Å²) in [6.07, 6.45) is 7.14. The van der Waals surface area contributed by atoms with E-state index in [0.717, 1.165) is 36.2 Å². The quantitative estimate of drug-likeness (QED) is 0.742. The topological polar surface area (TPSA) is 66.8 Å². The van der Waals surface area contributed by atoms with Crippen molar-refractivity contribution >= 4 is 5.91 Å². The predicted octanol–water partition coefficient (Wildman–Crippen LogP) is 4.01. The highest BCUT2D eigenvalue weighted by Gasteiger charge is 2.28. The lowest BCUT2D eigenvalue weighted by molar-refractivity contribution is 0.0706. The molecule has 1 aliphatic heterocycles. The lowest BCUT2D eigenvalue weighted by atomic mass is 9.90. The minimum absolute atomic E-state index is 0.0134. The molecule has 0 spiro atoms. The molecule has 1 amide bonds. The Morgan fingerprint density at radius 1 is 1.25 bits per heavy atom. The molecule has 1 aromatic carbocycles. The highest BCUT2D eigenvalue weighted by Crippen LogP contribution is 2.33. The van der Waals surface area contributed by atoms with Crippen molar-refractivity contribution in [2.24, 2.45) is 0 Å². The van der Waals surface area contributed by atoms with Crippen LogP contribution in [0.5, 0.6) is 0 Å². The third-order valence-electron chi connectivity index (χ3n) is 5.32. The number of nitrogens with zero attached hydrogens (tertiary/aromatic N) is 4. The average Bonchev–Trinajstić information content (AvgIpc) is 3.38. The number of benzene rings is 1. The molecular weight excluding hydrogens is 357 g/mol. The molecule has 7 heteroatoms. The van der Waals surface area contributed by atoms with Gasteiger partial charge >= 0.3 is 0 Å². The first kappa shape index (κ1) is 18.4. The van der Waals surface area contributed by atoms with Crippen LogP contribution < -0.4 is 0 Å². The van der Waals surface area contributed by atoms with Crippen molar-refractivity contribution < 1.29 is 9.18 Å². The maximum absolute atomic E-state index is 13.3. The molecule has 146 valence electrons. The van der Waals surface area contributed by atoms with Gasteiger partial charge in [0.25, 0.3) is 5.91 Å².